The van der Waals surface area contributed by atoms with E-state index in [-0.39, 0.29) is 5.91 Å². The van der Waals surface area contributed by atoms with Gasteiger partial charge in [-0.15, -0.1) is 0 Å². The van der Waals surface area contributed by atoms with Gasteiger partial charge in [-0.05, 0) is 30.3 Å². The molecule has 0 bridgehead atoms. The van der Waals surface area contributed by atoms with Gasteiger partial charge in [0.25, 0.3) is 5.91 Å². The zero-order valence-electron chi connectivity index (χ0n) is 17.2. The van der Waals surface area contributed by atoms with Crippen LogP contribution in [0.5, 0.6) is 0 Å². The Bertz CT molecular complexity index is 1120. The van der Waals surface area contributed by atoms with Crippen LogP contribution in [0.25, 0.3) is 11.3 Å². The summed E-state index contributed by atoms with van der Waals surface area (Å²) in [5, 5.41) is 11.8. The van der Waals surface area contributed by atoms with E-state index in [2.05, 4.69) is 36.5 Å². The van der Waals surface area contributed by atoms with E-state index in [4.69, 9.17) is 4.74 Å². The number of aromatic nitrogens is 2. The fourth-order valence-corrected chi connectivity index (χ4v) is 3.99. The number of H-pyrrole nitrogens is 1. The number of nitrogens with one attached hydrogen (secondary N) is 2. The molecule has 0 spiro atoms. The molecular weight excluding hydrogens is 392 g/mol. The predicted molar refractivity (Wildman–Crippen MR) is 118 cm³/mol. The van der Waals surface area contributed by atoms with Crippen LogP contribution in [0.2, 0.25) is 0 Å². The summed E-state index contributed by atoms with van der Waals surface area (Å²) >= 11 is 0. The maximum absolute atomic E-state index is 12.0. The summed E-state index contributed by atoms with van der Waals surface area (Å²) < 4.78 is 5.45. The molecule has 8 nitrogen and oxygen atoms in total. The zero-order valence-corrected chi connectivity index (χ0v) is 17.2. The number of morpholine rings is 1. The monoisotopic (exact) mass is 416 g/mol. The number of ether oxygens (including phenoxy) is 1. The third kappa shape index (κ3) is 4.20. The third-order valence-electron chi connectivity index (χ3n) is 5.58. The van der Waals surface area contributed by atoms with Crippen LogP contribution in [-0.4, -0.2) is 48.7 Å². The van der Waals surface area contributed by atoms with E-state index in [1.165, 1.54) is 0 Å². The number of rotatable bonds is 5. The van der Waals surface area contributed by atoms with Crippen LogP contribution < -0.4 is 10.2 Å². The number of fused-ring (bicyclic) bond motifs is 1. The maximum atomic E-state index is 12.0. The number of carbonyl (C=O) groups excluding carboxylic acids is 1. The number of hydrogen-bond acceptors (Lipinski definition) is 6. The van der Waals surface area contributed by atoms with Crippen molar-refractivity contribution in [2.24, 2.45) is 10.2 Å². The van der Waals surface area contributed by atoms with Crippen molar-refractivity contribution >= 4 is 17.3 Å². The van der Waals surface area contributed by atoms with E-state index in [1.807, 2.05) is 36.4 Å². The highest BCUT2D eigenvalue weighted by atomic mass is 16.5. The van der Waals surface area contributed by atoms with Crippen molar-refractivity contribution in [3.8, 4) is 11.3 Å². The van der Waals surface area contributed by atoms with Crippen LogP contribution in [-0.2, 0) is 17.7 Å². The van der Waals surface area contributed by atoms with Crippen LogP contribution >= 0.6 is 0 Å². The highest BCUT2D eigenvalue weighted by Crippen LogP contribution is 2.29. The highest BCUT2D eigenvalue weighted by Gasteiger charge is 2.20. The topological polar surface area (TPSA) is 95.0 Å². The molecule has 0 saturated carbocycles. The molecule has 5 rings (SSSR count). The second kappa shape index (κ2) is 8.69. The number of azo groups is 1. The van der Waals surface area contributed by atoms with E-state index in [1.54, 1.807) is 6.20 Å². The number of nitrogens with zero attached hydrogens (tertiary/aromatic N) is 4. The number of pyridine rings is 1. The van der Waals surface area contributed by atoms with Gasteiger partial charge in [0.2, 0.25) is 0 Å². The Morgan fingerprint density at radius 2 is 2.00 bits per heavy atom. The molecule has 2 aliphatic heterocycles. The first-order valence-electron chi connectivity index (χ1n) is 10.5. The van der Waals surface area contributed by atoms with E-state index in [0.717, 1.165) is 72.3 Å². The minimum atomic E-state index is -0.0224. The zero-order chi connectivity index (χ0) is 21.0. The largest absolute Gasteiger partial charge is 0.378 e. The van der Waals surface area contributed by atoms with Crippen LogP contribution in [0.15, 0.2) is 58.9 Å². The first-order valence-corrected chi connectivity index (χ1v) is 10.5. The Labute approximate surface area is 180 Å². The SMILES string of the molecule is O=C1NCCc2[nH]c(-c3ccnc(CN=Nc4ccccc4N4CCOCC4)c3)cc21. The van der Waals surface area contributed by atoms with Crippen molar-refractivity contribution in [2.75, 3.05) is 37.7 Å². The molecule has 31 heavy (non-hydrogen) atoms. The molecule has 8 heteroatoms. The molecule has 2 aliphatic rings. The summed E-state index contributed by atoms with van der Waals surface area (Å²) in [4.78, 5) is 22.1. The molecule has 1 aromatic carbocycles. The van der Waals surface area contributed by atoms with Crippen molar-refractivity contribution in [3.63, 3.8) is 0 Å². The fourth-order valence-electron chi connectivity index (χ4n) is 3.99. The molecule has 1 saturated heterocycles. The van der Waals surface area contributed by atoms with Crippen molar-refractivity contribution < 1.29 is 9.53 Å². The van der Waals surface area contributed by atoms with Gasteiger partial charge in [-0.1, -0.05) is 12.1 Å². The van der Waals surface area contributed by atoms with Gasteiger partial charge in [-0.3, -0.25) is 9.78 Å². The van der Waals surface area contributed by atoms with Crippen LogP contribution in [0, 0.1) is 0 Å². The van der Waals surface area contributed by atoms with Crippen molar-refractivity contribution in [1.29, 1.82) is 0 Å². The molecular formula is C23H24N6O2. The molecule has 0 aliphatic carbocycles. The first kappa shape index (κ1) is 19.4. The average Bonchev–Trinajstić information content (AvgIpc) is 3.26. The summed E-state index contributed by atoms with van der Waals surface area (Å²) in [5.74, 6) is -0.0224. The number of hydrogen-bond donors (Lipinski definition) is 2. The van der Waals surface area contributed by atoms with Gasteiger partial charge in [0, 0.05) is 49.2 Å². The molecule has 0 unspecified atom stereocenters. The molecule has 3 aromatic rings. The second-order valence-electron chi connectivity index (χ2n) is 7.60. The molecule has 1 fully saturated rings. The number of carbonyl (C=O) groups is 1. The molecule has 2 N–H and O–H groups in total. The molecule has 158 valence electrons. The lowest BCUT2D eigenvalue weighted by Crippen LogP contribution is -2.36. The Hall–Kier alpha value is -3.52. The number of aromatic amines is 1. The molecule has 4 heterocycles. The summed E-state index contributed by atoms with van der Waals surface area (Å²) in [7, 11) is 0. The Kier molecular flexibility index (Phi) is 5.45. The quantitative estimate of drug-likeness (QED) is 0.623. The standard InChI is InChI=1S/C23H24N6O2/c30-23-18-14-21(27-19(18)6-8-25-23)16-5-7-24-17(13-16)15-26-28-20-3-1-2-4-22(20)29-9-11-31-12-10-29/h1-5,7,13-14,27H,6,8-12,15H2,(H,25,30). The lowest BCUT2D eigenvalue weighted by atomic mass is 10.1. The van der Waals surface area contributed by atoms with E-state index < -0.39 is 0 Å². The average molecular weight is 416 g/mol. The smallest absolute Gasteiger partial charge is 0.253 e. The van der Waals surface area contributed by atoms with Crippen molar-refractivity contribution in [2.45, 2.75) is 13.0 Å². The van der Waals surface area contributed by atoms with Crippen LogP contribution in [0.4, 0.5) is 11.4 Å². The van der Waals surface area contributed by atoms with Gasteiger partial charge in [0.1, 0.15) is 12.2 Å². The molecule has 0 radical (unpaired) electrons. The number of para-hydroxylation sites is 1. The lowest BCUT2D eigenvalue weighted by molar-refractivity contribution is 0.0946. The van der Waals surface area contributed by atoms with Crippen molar-refractivity contribution in [1.82, 2.24) is 15.3 Å². The van der Waals surface area contributed by atoms with Crippen LogP contribution in [0.3, 0.4) is 0 Å². The Morgan fingerprint density at radius 1 is 1.13 bits per heavy atom. The minimum Gasteiger partial charge on any atom is -0.378 e. The summed E-state index contributed by atoms with van der Waals surface area (Å²) in [5.41, 5.74) is 6.35. The van der Waals surface area contributed by atoms with Crippen LogP contribution in [0.1, 0.15) is 21.7 Å². The van der Waals surface area contributed by atoms with Gasteiger partial charge in [0.15, 0.2) is 0 Å². The van der Waals surface area contributed by atoms with E-state index in [9.17, 15) is 4.79 Å². The predicted octanol–water partition coefficient (Wildman–Crippen LogP) is 3.48. The summed E-state index contributed by atoms with van der Waals surface area (Å²) in [6.45, 7) is 4.21. The number of anilines is 1. The van der Waals surface area contributed by atoms with Gasteiger partial charge in [-0.25, -0.2) is 0 Å². The third-order valence-corrected chi connectivity index (χ3v) is 5.58. The van der Waals surface area contributed by atoms with Crippen molar-refractivity contribution in [3.05, 3.63) is 65.6 Å². The molecule has 0 atom stereocenters. The lowest BCUT2D eigenvalue weighted by Gasteiger charge is -2.29. The summed E-state index contributed by atoms with van der Waals surface area (Å²) in [6, 6.07) is 13.9. The highest BCUT2D eigenvalue weighted by molar-refractivity contribution is 5.97. The number of amides is 1. The minimum absolute atomic E-state index is 0.0224. The van der Waals surface area contributed by atoms with Gasteiger partial charge in [0.05, 0.1) is 30.2 Å². The normalized spacial score (nSPS) is 16.4. The van der Waals surface area contributed by atoms with Gasteiger partial charge in [-0.2, -0.15) is 10.2 Å². The maximum Gasteiger partial charge on any atom is 0.253 e. The van der Waals surface area contributed by atoms with Gasteiger partial charge < -0.3 is 19.9 Å². The summed E-state index contributed by atoms with van der Waals surface area (Å²) in [6.07, 6.45) is 2.58. The Morgan fingerprint density at radius 3 is 2.87 bits per heavy atom. The Balaban J connectivity index is 1.32. The molecule has 2 aromatic heterocycles. The first-order chi connectivity index (χ1) is 15.3. The van der Waals surface area contributed by atoms with E-state index in [0.29, 0.717) is 13.1 Å². The number of benzene rings is 1. The second-order valence-corrected chi connectivity index (χ2v) is 7.60. The van der Waals surface area contributed by atoms with E-state index >= 15 is 0 Å². The molecule has 1 amide bonds. The van der Waals surface area contributed by atoms with Gasteiger partial charge >= 0.3 is 0 Å². The fraction of sp³-hybridized carbons (Fsp3) is 0.304.